The number of benzene rings is 2. The van der Waals surface area contributed by atoms with Crippen molar-refractivity contribution in [2.75, 3.05) is 0 Å². The van der Waals surface area contributed by atoms with Gasteiger partial charge in [0.05, 0.1) is 0 Å². The average molecular weight is 281 g/mol. The van der Waals surface area contributed by atoms with Crippen molar-refractivity contribution in [3.8, 4) is 5.75 Å². The van der Waals surface area contributed by atoms with Crippen LogP contribution in [0.3, 0.4) is 0 Å². The van der Waals surface area contributed by atoms with Crippen LogP contribution in [0.2, 0.25) is 0 Å². The summed E-state index contributed by atoms with van der Waals surface area (Å²) in [6, 6.07) is 15.4. The van der Waals surface area contributed by atoms with Gasteiger partial charge in [0.2, 0.25) is 0 Å². The SMILES string of the molecule is CCc1ccc(C(C)NC2CCc3c(O)cccc32)cc1. The van der Waals surface area contributed by atoms with Crippen molar-refractivity contribution in [3.05, 3.63) is 64.7 Å². The van der Waals surface area contributed by atoms with Gasteiger partial charge in [-0.1, -0.05) is 43.3 Å². The first-order valence-corrected chi connectivity index (χ1v) is 7.84. The van der Waals surface area contributed by atoms with Gasteiger partial charge in [-0.3, -0.25) is 0 Å². The zero-order chi connectivity index (χ0) is 14.8. The molecule has 0 heterocycles. The number of phenolic OH excluding ortho intramolecular Hbond substituents is 1. The van der Waals surface area contributed by atoms with Crippen molar-refractivity contribution in [2.45, 2.75) is 45.2 Å². The van der Waals surface area contributed by atoms with Gasteiger partial charge in [0, 0.05) is 12.1 Å². The lowest BCUT2D eigenvalue weighted by molar-refractivity contribution is 0.465. The minimum atomic E-state index is 0.314. The number of phenols is 1. The van der Waals surface area contributed by atoms with Gasteiger partial charge < -0.3 is 10.4 Å². The van der Waals surface area contributed by atoms with E-state index in [1.807, 2.05) is 6.07 Å². The third-order valence-electron chi connectivity index (χ3n) is 4.59. The molecule has 0 spiro atoms. The van der Waals surface area contributed by atoms with Gasteiger partial charge in [-0.05, 0) is 54.5 Å². The number of hydrogen-bond acceptors (Lipinski definition) is 2. The highest BCUT2D eigenvalue weighted by Crippen LogP contribution is 2.37. The van der Waals surface area contributed by atoms with Crippen LogP contribution in [-0.4, -0.2) is 5.11 Å². The largest absolute Gasteiger partial charge is 0.508 e. The zero-order valence-corrected chi connectivity index (χ0v) is 12.8. The van der Waals surface area contributed by atoms with E-state index >= 15 is 0 Å². The monoisotopic (exact) mass is 281 g/mol. The highest BCUT2D eigenvalue weighted by atomic mass is 16.3. The molecule has 2 aromatic rings. The molecule has 2 atom stereocenters. The molecule has 0 saturated carbocycles. The molecule has 0 radical (unpaired) electrons. The second-order valence-corrected chi connectivity index (χ2v) is 5.92. The van der Waals surface area contributed by atoms with Crippen LogP contribution in [0, 0.1) is 0 Å². The van der Waals surface area contributed by atoms with E-state index in [9.17, 15) is 5.11 Å². The number of fused-ring (bicyclic) bond motifs is 1. The fourth-order valence-corrected chi connectivity index (χ4v) is 3.25. The smallest absolute Gasteiger partial charge is 0.119 e. The quantitative estimate of drug-likeness (QED) is 0.876. The van der Waals surface area contributed by atoms with Gasteiger partial charge in [0.25, 0.3) is 0 Å². The predicted octanol–water partition coefficient (Wildman–Crippen LogP) is 4.29. The van der Waals surface area contributed by atoms with Crippen LogP contribution in [-0.2, 0) is 12.8 Å². The average Bonchev–Trinajstić information content (AvgIpc) is 2.92. The lowest BCUT2D eigenvalue weighted by Gasteiger charge is -2.21. The maximum atomic E-state index is 9.93. The van der Waals surface area contributed by atoms with E-state index in [4.69, 9.17) is 0 Å². The molecular formula is C19H23NO. The fourth-order valence-electron chi connectivity index (χ4n) is 3.25. The van der Waals surface area contributed by atoms with Crippen LogP contribution in [0.15, 0.2) is 42.5 Å². The van der Waals surface area contributed by atoms with Gasteiger partial charge in [0.15, 0.2) is 0 Å². The molecule has 0 saturated heterocycles. The Morgan fingerprint density at radius 3 is 2.67 bits per heavy atom. The van der Waals surface area contributed by atoms with Gasteiger partial charge >= 0.3 is 0 Å². The summed E-state index contributed by atoms with van der Waals surface area (Å²) in [4.78, 5) is 0. The molecule has 0 amide bonds. The third-order valence-corrected chi connectivity index (χ3v) is 4.59. The predicted molar refractivity (Wildman–Crippen MR) is 86.5 cm³/mol. The lowest BCUT2D eigenvalue weighted by Crippen LogP contribution is -2.23. The van der Waals surface area contributed by atoms with Gasteiger partial charge in [-0.25, -0.2) is 0 Å². The second-order valence-electron chi connectivity index (χ2n) is 5.92. The lowest BCUT2D eigenvalue weighted by atomic mass is 10.0. The van der Waals surface area contributed by atoms with Crippen LogP contribution >= 0.6 is 0 Å². The Labute approximate surface area is 126 Å². The molecule has 2 unspecified atom stereocenters. The summed E-state index contributed by atoms with van der Waals surface area (Å²) >= 11 is 0. The molecule has 2 heteroatoms. The van der Waals surface area contributed by atoms with E-state index < -0.39 is 0 Å². The summed E-state index contributed by atoms with van der Waals surface area (Å²) in [6.07, 6.45) is 3.10. The van der Waals surface area contributed by atoms with Crippen LogP contribution in [0.1, 0.15) is 54.6 Å². The number of aromatic hydroxyl groups is 1. The summed E-state index contributed by atoms with van der Waals surface area (Å²) in [5.41, 5.74) is 5.07. The van der Waals surface area contributed by atoms with E-state index in [1.54, 1.807) is 6.07 Å². The Morgan fingerprint density at radius 1 is 1.19 bits per heavy atom. The highest BCUT2D eigenvalue weighted by Gasteiger charge is 2.25. The Hall–Kier alpha value is -1.80. The van der Waals surface area contributed by atoms with Crippen molar-refractivity contribution in [2.24, 2.45) is 0 Å². The summed E-state index contributed by atoms with van der Waals surface area (Å²) in [7, 11) is 0. The summed E-state index contributed by atoms with van der Waals surface area (Å²) < 4.78 is 0. The molecule has 0 aromatic heterocycles. The molecule has 21 heavy (non-hydrogen) atoms. The summed E-state index contributed by atoms with van der Waals surface area (Å²) in [5, 5.41) is 13.6. The fraction of sp³-hybridized carbons (Fsp3) is 0.368. The molecule has 0 aliphatic heterocycles. The van der Waals surface area contributed by atoms with E-state index in [0.29, 0.717) is 17.8 Å². The molecule has 2 N–H and O–H groups in total. The third kappa shape index (κ3) is 2.81. The molecule has 0 bridgehead atoms. The number of aryl methyl sites for hydroxylation is 1. The maximum Gasteiger partial charge on any atom is 0.119 e. The van der Waals surface area contributed by atoms with Crippen molar-refractivity contribution < 1.29 is 5.11 Å². The minimum absolute atomic E-state index is 0.314. The highest BCUT2D eigenvalue weighted by molar-refractivity contribution is 5.44. The van der Waals surface area contributed by atoms with Crippen molar-refractivity contribution >= 4 is 0 Å². The van der Waals surface area contributed by atoms with Crippen LogP contribution in [0.25, 0.3) is 0 Å². The second kappa shape index (κ2) is 5.90. The van der Waals surface area contributed by atoms with Crippen LogP contribution in [0.5, 0.6) is 5.75 Å². The molecule has 1 aliphatic rings. The van der Waals surface area contributed by atoms with Crippen molar-refractivity contribution in [3.63, 3.8) is 0 Å². The molecule has 110 valence electrons. The maximum absolute atomic E-state index is 9.93. The first-order valence-electron chi connectivity index (χ1n) is 7.84. The molecule has 0 fully saturated rings. The Bertz CT molecular complexity index is 618. The molecular weight excluding hydrogens is 258 g/mol. The van der Waals surface area contributed by atoms with Crippen LogP contribution < -0.4 is 5.32 Å². The first kappa shape index (κ1) is 14.2. The Kier molecular flexibility index (Phi) is 3.98. The van der Waals surface area contributed by atoms with E-state index in [0.717, 1.165) is 24.8 Å². The van der Waals surface area contributed by atoms with E-state index in [1.165, 1.54) is 16.7 Å². The zero-order valence-electron chi connectivity index (χ0n) is 12.8. The van der Waals surface area contributed by atoms with Crippen molar-refractivity contribution in [1.82, 2.24) is 5.32 Å². The minimum Gasteiger partial charge on any atom is -0.508 e. The van der Waals surface area contributed by atoms with Crippen LogP contribution in [0.4, 0.5) is 0 Å². The Balaban J connectivity index is 1.74. The number of nitrogens with one attached hydrogen (secondary N) is 1. The topological polar surface area (TPSA) is 32.3 Å². The molecule has 3 rings (SSSR count). The van der Waals surface area contributed by atoms with Gasteiger partial charge in [-0.15, -0.1) is 0 Å². The Morgan fingerprint density at radius 2 is 1.95 bits per heavy atom. The summed E-state index contributed by atoms with van der Waals surface area (Å²) in [5.74, 6) is 0.441. The van der Waals surface area contributed by atoms with Gasteiger partial charge in [-0.2, -0.15) is 0 Å². The first-order chi connectivity index (χ1) is 10.2. The molecule has 2 aromatic carbocycles. The van der Waals surface area contributed by atoms with Gasteiger partial charge in [0.1, 0.15) is 5.75 Å². The standard InChI is InChI=1S/C19H23NO/c1-3-14-7-9-15(10-8-14)13(2)20-18-12-11-17-16(18)5-4-6-19(17)21/h4-10,13,18,20-21H,3,11-12H2,1-2H3. The summed E-state index contributed by atoms with van der Waals surface area (Å²) in [6.45, 7) is 4.39. The normalized spacial score (nSPS) is 18.5. The van der Waals surface area contributed by atoms with E-state index in [-0.39, 0.29) is 0 Å². The van der Waals surface area contributed by atoms with E-state index in [2.05, 4.69) is 49.5 Å². The number of rotatable bonds is 4. The number of hydrogen-bond donors (Lipinski definition) is 2. The molecule has 1 aliphatic carbocycles. The van der Waals surface area contributed by atoms with Crippen molar-refractivity contribution in [1.29, 1.82) is 0 Å². The molecule has 2 nitrogen and oxygen atoms in total.